The number of amides is 1. The summed E-state index contributed by atoms with van der Waals surface area (Å²) in [5.41, 5.74) is 0.785. The molecule has 0 aliphatic heterocycles. The standard InChI is InChI=1S/C16H16N2O3/c17-10-13-7-3-4-8-14(13)18-15(19)11-21-16(20)9-12-5-1-2-6-12/h1,3-5,7-8,12H,2,6,9,11H2,(H,18,19)/t12-/m0/s1. The van der Waals surface area contributed by atoms with Crippen molar-refractivity contribution in [3.05, 3.63) is 42.0 Å². The molecule has 5 heteroatoms. The second kappa shape index (κ2) is 7.25. The molecular weight excluding hydrogens is 268 g/mol. The summed E-state index contributed by atoms with van der Waals surface area (Å²) in [6, 6.07) is 8.64. The summed E-state index contributed by atoms with van der Waals surface area (Å²) in [5, 5.41) is 11.5. The third-order valence-electron chi connectivity index (χ3n) is 3.23. The minimum Gasteiger partial charge on any atom is -0.456 e. The molecule has 1 aliphatic rings. The number of rotatable bonds is 5. The van der Waals surface area contributed by atoms with Crippen molar-refractivity contribution in [2.45, 2.75) is 19.3 Å². The maximum Gasteiger partial charge on any atom is 0.306 e. The lowest BCUT2D eigenvalue weighted by Gasteiger charge is -2.09. The van der Waals surface area contributed by atoms with Crippen LogP contribution in [0.1, 0.15) is 24.8 Å². The Balaban J connectivity index is 1.78. The normalized spacial score (nSPS) is 16.2. The van der Waals surface area contributed by atoms with Gasteiger partial charge in [0.05, 0.1) is 17.7 Å². The molecule has 21 heavy (non-hydrogen) atoms. The number of esters is 1. The lowest BCUT2D eigenvalue weighted by Crippen LogP contribution is -2.22. The van der Waals surface area contributed by atoms with Gasteiger partial charge in [0.15, 0.2) is 6.61 Å². The fourth-order valence-electron chi connectivity index (χ4n) is 2.16. The van der Waals surface area contributed by atoms with E-state index in [2.05, 4.69) is 5.32 Å². The second-order valence-electron chi connectivity index (χ2n) is 4.84. The Morgan fingerprint density at radius 3 is 2.90 bits per heavy atom. The molecule has 2 rings (SSSR count). The molecule has 5 nitrogen and oxygen atoms in total. The van der Waals surface area contributed by atoms with Crippen molar-refractivity contribution >= 4 is 17.6 Å². The number of nitriles is 1. The second-order valence-corrected chi connectivity index (χ2v) is 4.84. The molecule has 1 aromatic carbocycles. The third-order valence-corrected chi connectivity index (χ3v) is 3.23. The van der Waals surface area contributed by atoms with Crippen LogP contribution >= 0.6 is 0 Å². The van der Waals surface area contributed by atoms with Gasteiger partial charge in [-0.15, -0.1) is 0 Å². The van der Waals surface area contributed by atoms with Crippen LogP contribution < -0.4 is 5.32 Å². The largest absolute Gasteiger partial charge is 0.456 e. The van der Waals surface area contributed by atoms with Gasteiger partial charge in [0.25, 0.3) is 5.91 Å². The predicted octanol–water partition coefficient (Wildman–Crippen LogP) is 2.40. The molecule has 0 unspecified atom stereocenters. The van der Waals surface area contributed by atoms with E-state index in [0.717, 1.165) is 12.8 Å². The molecule has 0 saturated heterocycles. The highest BCUT2D eigenvalue weighted by Gasteiger charge is 2.16. The molecule has 1 aromatic rings. The van der Waals surface area contributed by atoms with E-state index in [-0.39, 0.29) is 18.5 Å². The monoisotopic (exact) mass is 284 g/mol. The lowest BCUT2D eigenvalue weighted by atomic mass is 10.1. The molecule has 1 atom stereocenters. The van der Waals surface area contributed by atoms with E-state index < -0.39 is 5.91 Å². The third kappa shape index (κ3) is 4.46. The number of carbonyl (C=O) groups excluding carboxylic acids is 2. The Kier molecular flexibility index (Phi) is 5.10. The molecule has 1 aliphatic carbocycles. The van der Waals surface area contributed by atoms with Gasteiger partial charge >= 0.3 is 5.97 Å². The van der Waals surface area contributed by atoms with Crippen molar-refractivity contribution in [2.75, 3.05) is 11.9 Å². The highest BCUT2D eigenvalue weighted by atomic mass is 16.5. The van der Waals surface area contributed by atoms with Crippen molar-refractivity contribution in [1.82, 2.24) is 0 Å². The van der Waals surface area contributed by atoms with Crippen LogP contribution in [0, 0.1) is 17.2 Å². The first-order chi connectivity index (χ1) is 10.2. The van der Waals surface area contributed by atoms with Crippen LogP contribution in [-0.2, 0) is 14.3 Å². The average Bonchev–Trinajstić information content (AvgIpc) is 2.98. The average molecular weight is 284 g/mol. The van der Waals surface area contributed by atoms with E-state index in [1.54, 1.807) is 24.3 Å². The first-order valence-corrected chi connectivity index (χ1v) is 6.80. The Morgan fingerprint density at radius 2 is 2.19 bits per heavy atom. The van der Waals surface area contributed by atoms with Gasteiger partial charge in [-0.2, -0.15) is 5.26 Å². The van der Waals surface area contributed by atoms with Gasteiger partial charge in [-0.25, -0.2) is 0 Å². The Bertz CT molecular complexity index is 602. The summed E-state index contributed by atoms with van der Waals surface area (Å²) in [7, 11) is 0. The van der Waals surface area contributed by atoms with Crippen molar-refractivity contribution in [2.24, 2.45) is 5.92 Å². The maximum absolute atomic E-state index is 11.7. The van der Waals surface area contributed by atoms with Crippen LogP contribution in [0.25, 0.3) is 0 Å². The maximum atomic E-state index is 11.7. The van der Waals surface area contributed by atoms with Gasteiger partial charge in [0.2, 0.25) is 0 Å². The zero-order valence-electron chi connectivity index (χ0n) is 11.5. The zero-order valence-corrected chi connectivity index (χ0v) is 11.5. The van der Waals surface area contributed by atoms with E-state index >= 15 is 0 Å². The van der Waals surface area contributed by atoms with E-state index in [4.69, 9.17) is 10.00 Å². The number of para-hydroxylation sites is 1. The van der Waals surface area contributed by atoms with Crippen molar-refractivity contribution in [1.29, 1.82) is 5.26 Å². The van der Waals surface area contributed by atoms with Gasteiger partial charge < -0.3 is 10.1 Å². The first-order valence-electron chi connectivity index (χ1n) is 6.80. The fourth-order valence-corrected chi connectivity index (χ4v) is 2.16. The summed E-state index contributed by atoms with van der Waals surface area (Å²) in [4.78, 5) is 23.3. The molecule has 1 N–H and O–H groups in total. The van der Waals surface area contributed by atoms with Gasteiger partial charge in [0.1, 0.15) is 6.07 Å². The van der Waals surface area contributed by atoms with Crippen LogP contribution in [0.2, 0.25) is 0 Å². The van der Waals surface area contributed by atoms with Crippen LogP contribution in [-0.4, -0.2) is 18.5 Å². The number of benzene rings is 1. The number of hydrogen-bond acceptors (Lipinski definition) is 4. The fraction of sp³-hybridized carbons (Fsp3) is 0.312. The number of anilines is 1. The molecule has 1 amide bonds. The van der Waals surface area contributed by atoms with Crippen LogP contribution in [0.3, 0.4) is 0 Å². The molecule has 0 bridgehead atoms. The van der Waals surface area contributed by atoms with E-state index in [9.17, 15) is 9.59 Å². The van der Waals surface area contributed by atoms with Crippen LogP contribution in [0.15, 0.2) is 36.4 Å². The highest BCUT2D eigenvalue weighted by molar-refractivity contribution is 5.93. The predicted molar refractivity (Wildman–Crippen MR) is 77.2 cm³/mol. The number of ether oxygens (including phenoxy) is 1. The molecule has 108 valence electrons. The summed E-state index contributed by atoms with van der Waals surface area (Å²) in [5.74, 6) is -0.608. The summed E-state index contributed by atoms with van der Waals surface area (Å²) < 4.78 is 4.94. The van der Waals surface area contributed by atoms with Gasteiger partial charge in [-0.3, -0.25) is 9.59 Å². The Morgan fingerprint density at radius 1 is 1.38 bits per heavy atom. The summed E-state index contributed by atoms with van der Waals surface area (Å²) in [6.45, 7) is -0.338. The van der Waals surface area contributed by atoms with Gasteiger partial charge in [-0.1, -0.05) is 24.3 Å². The lowest BCUT2D eigenvalue weighted by molar-refractivity contribution is -0.147. The summed E-state index contributed by atoms with van der Waals surface area (Å²) in [6.07, 6.45) is 6.30. The zero-order chi connectivity index (χ0) is 15.1. The Hall–Kier alpha value is -2.61. The van der Waals surface area contributed by atoms with Crippen molar-refractivity contribution < 1.29 is 14.3 Å². The minimum absolute atomic E-state index is 0.222. The number of carbonyl (C=O) groups is 2. The molecule has 0 saturated carbocycles. The first kappa shape index (κ1) is 14.8. The van der Waals surface area contributed by atoms with Crippen molar-refractivity contribution in [3.8, 4) is 6.07 Å². The SMILES string of the molecule is N#Cc1ccccc1NC(=O)COC(=O)C[C@H]1C=CCC1. The summed E-state index contributed by atoms with van der Waals surface area (Å²) >= 11 is 0. The molecule has 0 spiro atoms. The smallest absolute Gasteiger partial charge is 0.306 e. The van der Waals surface area contributed by atoms with Gasteiger partial charge in [-0.05, 0) is 30.9 Å². The number of nitrogens with one attached hydrogen (secondary N) is 1. The van der Waals surface area contributed by atoms with Crippen LogP contribution in [0.5, 0.6) is 0 Å². The highest BCUT2D eigenvalue weighted by Crippen LogP contribution is 2.20. The van der Waals surface area contributed by atoms with E-state index in [1.807, 2.05) is 18.2 Å². The number of allylic oxidation sites excluding steroid dienone is 2. The Labute approximate surface area is 123 Å². The topological polar surface area (TPSA) is 79.2 Å². The molecule has 0 heterocycles. The minimum atomic E-state index is -0.451. The molecule has 0 aromatic heterocycles. The van der Waals surface area contributed by atoms with Gasteiger partial charge in [0, 0.05) is 0 Å². The number of hydrogen-bond donors (Lipinski definition) is 1. The van der Waals surface area contributed by atoms with E-state index in [1.165, 1.54) is 0 Å². The quantitative estimate of drug-likeness (QED) is 0.665. The molecule has 0 fully saturated rings. The van der Waals surface area contributed by atoms with E-state index in [0.29, 0.717) is 17.7 Å². The number of nitrogens with zero attached hydrogens (tertiary/aromatic N) is 1. The van der Waals surface area contributed by atoms with Crippen LogP contribution in [0.4, 0.5) is 5.69 Å². The molecule has 0 radical (unpaired) electrons. The van der Waals surface area contributed by atoms with Crippen molar-refractivity contribution in [3.63, 3.8) is 0 Å². The molecular formula is C16H16N2O3.